The third-order valence-electron chi connectivity index (χ3n) is 5.89. The van der Waals surface area contributed by atoms with Gasteiger partial charge in [0.2, 0.25) is 0 Å². The highest BCUT2D eigenvalue weighted by molar-refractivity contribution is 8.18. The second-order valence-electron chi connectivity index (χ2n) is 7.52. The predicted octanol–water partition coefficient (Wildman–Crippen LogP) is 4.28. The fraction of sp³-hybridized carbons (Fsp3) is 0.600. The van der Waals surface area contributed by atoms with Gasteiger partial charge in [0, 0.05) is 23.7 Å². The molecule has 5 heteroatoms. The molecule has 2 aliphatic heterocycles. The van der Waals surface area contributed by atoms with Gasteiger partial charge in [0.1, 0.15) is 4.08 Å². The summed E-state index contributed by atoms with van der Waals surface area (Å²) in [6, 6.07) is 10.9. The van der Waals surface area contributed by atoms with Crippen molar-refractivity contribution in [3.05, 3.63) is 36.0 Å². The maximum absolute atomic E-state index is 11.6. The number of nitrogens with zero attached hydrogens (tertiary/aromatic N) is 1. The summed E-state index contributed by atoms with van der Waals surface area (Å²) in [5.74, 6) is 2.62. The Kier molecular flexibility index (Phi) is 4.86. The maximum atomic E-state index is 11.6. The van der Waals surface area contributed by atoms with E-state index in [1.165, 1.54) is 34.5 Å². The Balaban J connectivity index is 1.81. The standard InChI is InChI=1S/C20H28N2OS2/c1-3-19(23)14-22(2)10-9-17(19)20(24-11-6-12-25-20)18-13-15-7-4-5-8-16(15)21-18/h4-5,7-8,13,17,21,23H,3,6,9-12,14H2,1-2H3/t17-,19-/m0/s1. The molecule has 2 atom stereocenters. The number of aromatic nitrogens is 1. The number of likely N-dealkylation sites (N-methyl/N-ethyl adjacent to an activating group) is 1. The quantitative estimate of drug-likeness (QED) is 0.838. The summed E-state index contributed by atoms with van der Waals surface area (Å²) in [6.45, 7) is 3.98. The van der Waals surface area contributed by atoms with E-state index >= 15 is 0 Å². The molecule has 2 saturated heterocycles. The van der Waals surface area contributed by atoms with Crippen LogP contribution in [-0.4, -0.2) is 52.2 Å². The summed E-state index contributed by atoms with van der Waals surface area (Å²) in [7, 11) is 2.13. The first kappa shape index (κ1) is 17.8. The topological polar surface area (TPSA) is 39.3 Å². The summed E-state index contributed by atoms with van der Waals surface area (Å²) in [4.78, 5) is 6.00. The first-order valence-electron chi connectivity index (χ1n) is 9.34. The SMILES string of the molecule is CC[C@]1(O)CN(C)CC[C@@H]1C1(c2cc3ccccc3[nH]2)SCCCS1. The van der Waals surface area contributed by atoms with Crippen molar-refractivity contribution in [3.8, 4) is 0 Å². The van der Waals surface area contributed by atoms with E-state index < -0.39 is 5.60 Å². The molecule has 0 spiro atoms. The number of aliphatic hydroxyl groups is 1. The molecule has 1 aromatic carbocycles. The summed E-state index contributed by atoms with van der Waals surface area (Å²) in [5.41, 5.74) is 1.88. The van der Waals surface area contributed by atoms with E-state index in [0.717, 1.165) is 25.9 Å². The molecule has 0 aliphatic carbocycles. The molecule has 2 aromatic rings. The van der Waals surface area contributed by atoms with Crippen molar-refractivity contribution >= 4 is 34.4 Å². The zero-order chi connectivity index (χ0) is 17.5. The van der Waals surface area contributed by atoms with Crippen LogP contribution in [0.1, 0.15) is 31.9 Å². The van der Waals surface area contributed by atoms with Gasteiger partial charge in [-0.25, -0.2) is 0 Å². The second kappa shape index (κ2) is 6.84. The lowest BCUT2D eigenvalue weighted by Crippen LogP contribution is -2.58. The number of fused-ring (bicyclic) bond motifs is 1. The van der Waals surface area contributed by atoms with Crippen molar-refractivity contribution in [1.29, 1.82) is 0 Å². The number of rotatable bonds is 3. The highest BCUT2D eigenvalue weighted by Crippen LogP contribution is 2.60. The molecule has 0 bridgehead atoms. The van der Waals surface area contributed by atoms with Gasteiger partial charge >= 0.3 is 0 Å². The number of likely N-dealkylation sites (tertiary alicyclic amines) is 1. The van der Waals surface area contributed by atoms with E-state index in [0.29, 0.717) is 0 Å². The van der Waals surface area contributed by atoms with E-state index in [4.69, 9.17) is 0 Å². The normalized spacial score (nSPS) is 30.6. The van der Waals surface area contributed by atoms with Crippen LogP contribution in [0.3, 0.4) is 0 Å². The number of H-pyrrole nitrogens is 1. The van der Waals surface area contributed by atoms with Crippen molar-refractivity contribution in [2.75, 3.05) is 31.6 Å². The Labute approximate surface area is 158 Å². The number of aromatic amines is 1. The third kappa shape index (κ3) is 3.03. The summed E-state index contributed by atoms with van der Waals surface area (Å²) >= 11 is 4.12. The van der Waals surface area contributed by atoms with Gasteiger partial charge in [0.05, 0.1) is 5.60 Å². The molecule has 0 unspecified atom stereocenters. The second-order valence-corrected chi connectivity index (χ2v) is 10.5. The zero-order valence-corrected chi connectivity index (χ0v) is 16.8. The molecule has 0 radical (unpaired) electrons. The number of hydrogen-bond donors (Lipinski definition) is 2. The van der Waals surface area contributed by atoms with Gasteiger partial charge in [0.15, 0.2) is 0 Å². The van der Waals surface area contributed by atoms with Crippen molar-refractivity contribution in [3.63, 3.8) is 0 Å². The Morgan fingerprint density at radius 3 is 2.76 bits per heavy atom. The number of piperidine rings is 1. The molecule has 2 N–H and O–H groups in total. The molecule has 1 aromatic heterocycles. The highest BCUT2D eigenvalue weighted by atomic mass is 32.2. The lowest BCUT2D eigenvalue weighted by atomic mass is 9.76. The monoisotopic (exact) mass is 376 g/mol. The lowest BCUT2D eigenvalue weighted by Gasteiger charge is -2.52. The van der Waals surface area contributed by atoms with Crippen LogP contribution >= 0.6 is 23.5 Å². The van der Waals surface area contributed by atoms with Crippen LogP contribution in [-0.2, 0) is 4.08 Å². The molecule has 136 valence electrons. The Hall–Kier alpha value is -0.620. The third-order valence-corrected chi connectivity index (χ3v) is 9.45. The van der Waals surface area contributed by atoms with E-state index in [1.807, 2.05) is 0 Å². The van der Waals surface area contributed by atoms with Crippen LogP contribution in [0.2, 0.25) is 0 Å². The van der Waals surface area contributed by atoms with Crippen LogP contribution in [0.4, 0.5) is 0 Å². The molecule has 2 fully saturated rings. The number of nitrogens with one attached hydrogen (secondary N) is 1. The molecule has 4 rings (SSSR count). The highest BCUT2D eigenvalue weighted by Gasteiger charge is 2.54. The first-order chi connectivity index (χ1) is 12.1. The van der Waals surface area contributed by atoms with E-state index in [9.17, 15) is 5.11 Å². The smallest absolute Gasteiger partial charge is 0.106 e. The van der Waals surface area contributed by atoms with E-state index in [1.54, 1.807) is 0 Å². The minimum absolute atomic E-state index is 0.0662. The van der Waals surface area contributed by atoms with Crippen molar-refractivity contribution in [1.82, 2.24) is 9.88 Å². The predicted molar refractivity (Wildman–Crippen MR) is 110 cm³/mol. The molecular formula is C20H28N2OS2. The van der Waals surface area contributed by atoms with Crippen molar-refractivity contribution in [2.24, 2.45) is 5.92 Å². The zero-order valence-electron chi connectivity index (χ0n) is 15.1. The number of thioether (sulfide) groups is 2. The molecule has 2 aliphatic rings. The molecule has 3 nitrogen and oxygen atoms in total. The van der Waals surface area contributed by atoms with Crippen LogP contribution in [0.5, 0.6) is 0 Å². The first-order valence-corrected chi connectivity index (χ1v) is 11.3. The fourth-order valence-electron chi connectivity index (χ4n) is 4.53. The van der Waals surface area contributed by atoms with E-state index in [-0.39, 0.29) is 10.00 Å². The van der Waals surface area contributed by atoms with Crippen molar-refractivity contribution in [2.45, 2.75) is 35.9 Å². The molecule has 25 heavy (non-hydrogen) atoms. The molecule has 0 saturated carbocycles. The maximum Gasteiger partial charge on any atom is 0.106 e. The average Bonchev–Trinajstić information content (AvgIpc) is 3.07. The summed E-state index contributed by atoms with van der Waals surface area (Å²) < 4.78 is -0.0662. The van der Waals surface area contributed by atoms with Gasteiger partial charge in [0.25, 0.3) is 0 Å². The number of para-hydroxylation sites is 1. The Morgan fingerprint density at radius 1 is 1.28 bits per heavy atom. The largest absolute Gasteiger partial charge is 0.388 e. The minimum atomic E-state index is -0.623. The van der Waals surface area contributed by atoms with Gasteiger partial charge in [-0.2, -0.15) is 0 Å². The average molecular weight is 377 g/mol. The number of hydrogen-bond acceptors (Lipinski definition) is 4. The summed E-state index contributed by atoms with van der Waals surface area (Å²) in [5, 5.41) is 12.9. The fourth-order valence-corrected chi connectivity index (χ4v) is 8.34. The van der Waals surface area contributed by atoms with Crippen LogP contribution in [0.15, 0.2) is 30.3 Å². The van der Waals surface area contributed by atoms with Crippen LogP contribution in [0.25, 0.3) is 10.9 Å². The number of benzene rings is 1. The molecular weight excluding hydrogens is 348 g/mol. The minimum Gasteiger partial charge on any atom is -0.388 e. The Bertz CT molecular complexity index is 707. The van der Waals surface area contributed by atoms with Gasteiger partial charge in [-0.15, -0.1) is 23.5 Å². The molecule has 0 amide bonds. The van der Waals surface area contributed by atoms with Gasteiger partial charge in [-0.05, 0) is 61.9 Å². The Morgan fingerprint density at radius 2 is 2.04 bits per heavy atom. The van der Waals surface area contributed by atoms with Crippen molar-refractivity contribution < 1.29 is 5.11 Å². The van der Waals surface area contributed by atoms with Crippen LogP contribution < -0.4 is 0 Å². The van der Waals surface area contributed by atoms with E-state index in [2.05, 4.69) is 77.7 Å². The van der Waals surface area contributed by atoms with Gasteiger partial charge in [-0.3, -0.25) is 0 Å². The summed E-state index contributed by atoms with van der Waals surface area (Å²) in [6.07, 6.45) is 3.12. The molecule has 3 heterocycles. The van der Waals surface area contributed by atoms with Gasteiger partial charge in [-0.1, -0.05) is 25.1 Å². The van der Waals surface area contributed by atoms with Crippen LogP contribution in [0, 0.1) is 5.92 Å². The lowest BCUT2D eigenvalue weighted by molar-refractivity contribution is -0.0783. The van der Waals surface area contributed by atoms with Gasteiger partial charge < -0.3 is 15.0 Å². The number of β-amino-alcohol motifs (C(OH)–C–C–N with tert-alkyl or cyclic N) is 1.